The molecule has 0 aromatic carbocycles. The summed E-state index contributed by atoms with van der Waals surface area (Å²) in [6.07, 6.45) is 0.919. The van der Waals surface area contributed by atoms with Gasteiger partial charge in [0.1, 0.15) is 5.72 Å². The van der Waals surface area contributed by atoms with Crippen LogP contribution in [0.25, 0.3) is 0 Å². The maximum absolute atomic E-state index is 11.0. The van der Waals surface area contributed by atoms with E-state index in [0.29, 0.717) is 13.0 Å². The SMILES string of the molecule is CC(=S)CCOC(=O)CCC(C)(N)O. The molecule has 0 saturated carbocycles. The van der Waals surface area contributed by atoms with Gasteiger partial charge in [0.2, 0.25) is 0 Å². The summed E-state index contributed by atoms with van der Waals surface area (Å²) < 4.78 is 4.86. The molecule has 0 saturated heterocycles. The molecule has 0 aromatic heterocycles. The Morgan fingerprint density at radius 1 is 1.57 bits per heavy atom. The molecule has 5 heteroatoms. The highest BCUT2D eigenvalue weighted by atomic mass is 32.1. The standard InChI is InChI=1S/C9H17NO3S/c1-7(14)4-6-13-8(11)3-5-9(2,10)12/h12H,3-6,10H2,1-2H3. The van der Waals surface area contributed by atoms with Crippen molar-refractivity contribution in [2.24, 2.45) is 5.73 Å². The third kappa shape index (κ3) is 9.57. The first kappa shape index (κ1) is 13.5. The second kappa shape index (κ2) is 6.06. The highest BCUT2D eigenvalue weighted by Gasteiger charge is 2.15. The van der Waals surface area contributed by atoms with Crippen LogP contribution in [-0.2, 0) is 9.53 Å². The minimum Gasteiger partial charge on any atom is -0.465 e. The molecule has 14 heavy (non-hydrogen) atoms. The molecule has 1 unspecified atom stereocenters. The molecule has 0 amide bonds. The smallest absolute Gasteiger partial charge is 0.305 e. The molecule has 82 valence electrons. The Labute approximate surface area is 89.4 Å². The van der Waals surface area contributed by atoms with Gasteiger partial charge in [-0.1, -0.05) is 12.2 Å². The number of nitrogens with two attached hydrogens (primary N) is 1. The van der Waals surface area contributed by atoms with Crippen LogP contribution in [0.2, 0.25) is 0 Å². The van der Waals surface area contributed by atoms with Crippen LogP contribution in [0.3, 0.4) is 0 Å². The fourth-order valence-electron chi connectivity index (χ4n) is 0.736. The largest absolute Gasteiger partial charge is 0.465 e. The topological polar surface area (TPSA) is 72.5 Å². The maximum Gasteiger partial charge on any atom is 0.305 e. The Bertz CT molecular complexity index is 211. The average Bonchev–Trinajstić information content (AvgIpc) is 1.99. The van der Waals surface area contributed by atoms with E-state index < -0.39 is 5.72 Å². The van der Waals surface area contributed by atoms with Crippen molar-refractivity contribution >= 4 is 23.1 Å². The summed E-state index contributed by atoms with van der Waals surface area (Å²) in [5.74, 6) is -0.355. The number of carbonyl (C=O) groups is 1. The molecule has 0 bridgehead atoms. The molecule has 4 nitrogen and oxygen atoms in total. The summed E-state index contributed by atoms with van der Waals surface area (Å²) in [6, 6.07) is 0. The van der Waals surface area contributed by atoms with Crippen LogP contribution in [0.4, 0.5) is 0 Å². The Balaban J connectivity index is 3.52. The third-order valence-electron chi connectivity index (χ3n) is 1.55. The van der Waals surface area contributed by atoms with E-state index in [1.54, 1.807) is 6.92 Å². The summed E-state index contributed by atoms with van der Waals surface area (Å²) in [6.45, 7) is 3.55. The molecule has 0 aliphatic heterocycles. The van der Waals surface area contributed by atoms with Crippen LogP contribution < -0.4 is 5.73 Å². The molecule has 0 aliphatic rings. The van der Waals surface area contributed by atoms with Crippen molar-refractivity contribution < 1.29 is 14.6 Å². The lowest BCUT2D eigenvalue weighted by Crippen LogP contribution is -2.36. The maximum atomic E-state index is 11.0. The van der Waals surface area contributed by atoms with E-state index >= 15 is 0 Å². The van der Waals surface area contributed by atoms with Crippen LogP contribution in [0, 0.1) is 0 Å². The number of rotatable bonds is 6. The summed E-state index contributed by atoms with van der Waals surface area (Å²) in [7, 11) is 0. The van der Waals surface area contributed by atoms with Crippen molar-refractivity contribution in [3.8, 4) is 0 Å². The van der Waals surface area contributed by atoms with Crippen LogP contribution in [0.1, 0.15) is 33.1 Å². The van der Waals surface area contributed by atoms with Gasteiger partial charge < -0.3 is 15.6 Å². The number of hydrogen-bond acceptors (Lipinski definition) is 5. The van der Waals surface area contributed by atoms with E-state index in [1.165, 1.54) is 6.92 Å². The molecule has 3 N–H and O–H groups in total. The molecule has 1 atom stereocenters. The number of esters is 1. The van der Waals surface area contributed by atoms with Gasteiger partial charge in [-0.2, -0.15) is 0 Å². The second-order valence-corrected chi connectivity index (χ2v) is 4.23. The van der Waals surface area contributed by atoms with Crippen LogP contribution >= 0.6 is 12.2 Å². The first-order valence-corrected chi connectivity index (χ1v) is 4.88. The first-order valence-electron chi connectivity index (χ1n) is 4.47. The zero-order valence-electron chi connectivity index (χ0n) is 8.58. The van der Waals surface area contributed by atoms with Gasteiger partial charge in [0.25, 0.3) is 0 Å². The lowest BCUT2D eigenvalue weighted by molar-refractivity contribution is -0.144. The minimum atomic E-state index is -1.31. The zero-order valence-corrected chi connectivity index (χ0v) is 9.39. The van der Waals surface area contributed by atoms with E-state index in [1.807, 2.05) is 0 Å². The summed E-state index contributed by atoms with van der Waals surface area (Å²) >= 11 is 4.82. The highest BCUT2D eigenvalue weighted by molar-refractivity contribution is 7.80. The van der Waals surface area contributed by atoms with Gasteiger partial charge in [-0.15, -0.1) is 0 Å². The Kier molecular flexibility index (Phi) is 5.83. The predicted molar refractivity (Wildman–Crippen MR) is 57.9 cm³/mol. The van der Waals surface area contributed by atoms with Gasteiger partial charge in [-0.25, -0.2) is 0 Å². The van der Waals surface area contributed by atoms with Crippen molar-refractivity contribution in [1.82, 2.24) is 0 Å². The van der Waals surface area contributed by atoms with E-state index in [2.05, 4.69) is 0 Å². The van der Waals surface area contributed by atoms with Crippen molar-refractivity contribution in [3.05, 3.63) is 0 Å². The van der Waals surface area contributed by atoms with E-state index in [-0.39, 0.29) is 18.8 Å². The van der Waals surface area contributed by atoms with E-state index in [9.17, 15) is 4.79 Å². The summed E-state index contributed by atoms with van der Waals surface area (Å²) in [5.41, 5.74) is 3.98. The van der Waals surface area contributed by atoms with Crippen molar-refractivity contribution in [1.29, 1.82) is 0 Å². The first-order chi connectivity index (χ1) is 6.31. The zero-order chi connectivity index (χ0) is 11.2. The van der Waals surface area contributed by atoms with E-state index in [0.717, 1.165) is 4.86 Å². The van der Waals surface area contributed by atoms with Gasteiger partial charge in [-0.05, 0) is 25.1 Å². The number of hydrogen-bond donors (Lipinski definition) is 2. The fraction of sp³-hybridized carbons (Fsp3) is 0.778. The number of carbonyl (C=O) groups excluding carboxylic acids is 1. The number of aliphatic hydroxyl groups is 1. The molecule has 0 radical (unpaired) electrons. The molecule has 0 heterocycles. The van der Waals surface area contributed by atoms with Crippen LogP contribution in [0.15, 0.2) is 0 Å². The molecular formula is C9H17NO3S. The van der Waals surface area contributed by atoms with Gasteiger partial charge in [-0.3, -0.25) is 4.79 Å². The van der Waals surface area contributed by atoms with Crippen molar-refractivity contribution in [3.63, 3.8) is 0 Å². The predicted octanol–water partition coefficient (Wildman–Crippen LogP) is 0.757. The highest BCUT2D eigenvalue weighted by Crippen LogP contribution is 2.05. The van der Waals surface area contributed by atoms with Gasteiger partial charge in [0.15, 0.2) is 0 Å². The molecular weight excluding hydrogens is 202 g/mol. The number of thiocarbonyl (C=S) groups is 1. The normalized spacial score (nSPS) is 14.6. The summed E-state index contributed by atoms with van der Waals surface area (Å²) in [5, 5.41) is 9.13. The molecule has 0 rings (SSSR count). The van der Waals surface area contributed by atoms with E-state index in [4.69, 9.17) is 27.8 Å². The average molecular weight is 219 g/mol. The number of ether oxygens (including phenoxy) is 1. The van der Waals surface area contributed by atoms with Gasteiger partial charge >= 0.3 is 5.97 Å². The van der Waals surface area contributed by atoms with Crippen LogP contribution in [0.5, 0.6) is 0 Å². The van der Waals surface area contributed by atoms with Crippen molar-refractivity contribution in [2.45, 2.75) is 38.8 Å². The van der Waals surface area contributed by atoms with Gasteiger partial charge in [0, 0.05) is 12.8 Å². The summed E-state index contributed by atoms with van der Waals surface area (Å²) in [4.78, 5) is 11.8. The van der Waals surface area contributed by atoms with Crippen LogP contribution in [-0.4, -0.2) is 28.3 Å². The Morgan fingerprint density at radius 2 is 2.14 bits per heavy atom. The lowest BCUT2D eigenvalue weighted by Gasteiger charge is -2.15. The third-order valence-corrected chi connectivity index (χ3v) is 1.76. The molecule has 0 fully saturated rings. The van der Waals surface area contributed by atoms with Crippen molar-refractivity contribution in [2.75, 3.05) is 6.61 Å². The molecule has 0 aromatic rings. The Morgan fingerprint density at radius 3 is 2.57 bits per heavy atom. The molecule has 0 aliphatic carbocycles. The molecule has 0 spiro atoms. The second-order valence-electron chi connectivity index (χ2n) is 3.53. The minimum absolute atomic E-state index is 0.125. The quantitative estimate of drug-likeness (QED) is 0.392. The fourth-order valence-corrected chi connectivity index (χ4v) is 0.819. The lowest BCUT2D eigenvalue weighted by atomic mass is 10.1. The monoisotopic (exact) mass is 219 g/mol. The van der Waals surface area contributed by atoms with Gasteiger partial charge in [0.05, 0.1) is 6.61 Å². The Hall–Kier alpha value is -0.520.